The molecule has 0 radical (unpaired) electrons. The number of piperidine rings is 1. The summed E-state index contributed by atoms with van der Waals surface area (Å²) in [6.07, 6.45) is 2.87. The minimum atomic E-state index is -3.45. The minimum absolute atomic E-state index is 0.106. The van der Waals surface area contributed by atoms with Crippen molar-refractivity contribution in [3.05, 3.63) is 53.6 Å². The number of amides is 1. The summed E-state index contributed by atoms with van der Waals surface area (Å²) < 4.78 is 37.7. The normalized spacial score (nSPS) is 14.8. The van der Waals surface area contributed by atoms with Gasteiger partial charge in [0.05, 0.1) is 11.4 Å². The lowest BCUT2D eigenvalue weighted by atomic mass is 10.2. The first kappa shape index (κ1) is 22.4. The summed E-state index contributed by atoms with van der Waals surface area (Å²) in [4.78, 5) is 12.1. The summed E-state index contributed by atoms with van der Waals surface area (Å²) in [7, 11) is -3.45. The highest BCUT2D eigenvalue weighted by Gasteiger charge is 2.25. The molecule has 1 amide bonds. The van der Waals surface area contributed by atoms with Gasteiger partial charge in [-0.2, -0.15) is 4.31 Å². The fourth-order valence-corrected chi connectivity index (χ4v) is 4.70. The molecule has 2 aromatic rings. The molecule has 1 saturated heterocycles. The molecule has 0 bridgehead atoms. The van der Waals surface area contributed by atoms with Crippen LogP contribution in [0.2, 0.25) is 5.02 Å². The average Bonchev–Trinajstić information content (AvgIpc) is 2.77. The molecule has 0 spiro atoms. The van der Waals surface area contributed by atoms with E-state index in [9.17, 15) is 13.2 Å². The first-order chi connectivity index (χ1) is 14.4. The lowest BCUT2D eigenvalue weighted by Crippen LogP contribution is -2.35. The SMILES string of the molecule is O=C(COc1ccc(Cl)cc1)NCCOc1ccc(S(=O)(=O)N2CCCCC2)cc1. The largest absolute Gasteiger partial charge is 0.492 e. The van der Waals surface area contributed by atoms with Gasteiger partial charge in [0.1, 0.15) is 18.1 Å². The number of benzene rings is 2. The highest BCUT2D eigenvalue weighted by Crippen LogP contribution is 2.22. The zero-order chi connectivity index (χ0) is 21.4. The molecular formula is C21H25ClN2O5S. The summed E-state index contributed by atoms with van der Waals surface area (Å²) >= 11 is 5.80. The van der Waals surface area contributed by atoms with Crippen molar-refractivity contribution in [2.45, 2.75) is 24.2 Å². The zero-order valence-corrected chi connectivity index (χ0v) is 18.1. The van der Waals surface area contributed by atoms with E-state index in [1.807, 2.05) is 0 Å². The highest BCUT2D eigenvalue weighted by atomic mass is 35.5. The van der Waals surface area contributed by atoms with E-state index in [0.29, 0.717) is 36.2 Å². The number of halogens is 1. The Hall–Kier alpha value is -2.29. The summed E-state index contributed by atoms with van der Waals surface area (Å²) in [5.41, 5.74) is 0. The van der Waals surface area contributed by atoms with Crippen molar-refractivity contribution < 1.29 is 22.7 Å². The fourth-order valence-electron chi connectivity index (χ4n) is 3.05. The number of ether oxygens (including phenoxy) is 2. The van der Waals surface area contributed by atoms with Crippen LogP contribution in [0, 0.1) is 0 Å². The molecule has 0 atom stereocenters. The van der Waals surface area contributed by atoms with Crippen LogP contribution in [0.25, 0.3) is 0 Å². The van der Waals surface area contributed by atoms with Gasteiger partial charge in [0.2, 0.25) is 10.0 Å². The van der Waals surface area contributed by atoms with Crippen LogP contribution in [0.15, 0.2) is 53.4 Å². The van der Waals surface area contributed by atoms with Crippen molar-refractivity contribution >= 4 is 27.5 Å². The van der Waals surface area contributed by atoms with E-state index < -0.39 is 10.0 Å². The Kier molecular flexibility index (Phi) is 7.95. The summed E-state index contributed by atoms with van der Waals surface area (Å²) in [6, 6.07) is 13.1. The number of nitrogens with one attached hydrogen (secondary N) is 1. The number of sulfonamides is 1. The Morgan fingerprint density at radius 1 is 0.933 bits per heavy atom. The van der Waals surface area contributed by atoms with Gasteiger partial charge in [-0.15, -0.1) is 0 Å². The molecule has 1 heterocycles. The Morgan fingerprint density at radius 2 is 1.53 bits per heavy atom. The molecule has 2 aromatic carbocycles. The summed E-state index contributed by atoms with van der Waals surface area (Å²) in [6.45, 7) is 1.59. The van der Waals surface area contributed by atoms with E-state index in [1.54, 1.807) is 48.5 Å². The van der Waals surface area contributed by atoms with E-state index in [0.717, 1.165) is 19.3 Å². The zero-order valence-electron chi connectivity index (χ0n) is 16.6. The topological polar surface area (TPSA) is 84.9 Å². The van der Waals surface area contributed by atoms with Gasteiger partial charge in [-0.3, -0.25) is 4.79 Å². The van der Waals surface area contributed by atoms with Crippen molar-refractivity contribution in [1.82, 2.24) is 9.62 Å². The highest BCUT2D eigenvalue weighted by molar-refractivity contribution is 7.89. The van der Waals surface area contributed by atoms with Crippen LogP contribution in [0.5, 0.6) is 11.5 Å². The number of hydrogen-bond donors (Lipinski definition) is 1. The van der Waals surface area contributed by atoms with Crippen LogP contribution in [0.4, 0.5) is 0 Å². The summed E-state index contributed by atoms with van der Waals surface area (Å²) in [5.74, 6) is 0.834. The average molecular weight is 453 g/mol. The molecule has 0 aliphatic carbocycles. The molecule has 30 heavy (non-hydrogen) atoms. The number of carbonyl (C=O) groups excluding carboxylic acids is 1. The second-order valence-electron chi connectivity index (χ2n) is 6.88. The molecule has 0 saturated carbocycles. The van der Waals surface area contributed by atoms with Crippen LogP contribution in [0.1, 0.15) is 19.3 Å². The quantitative estimate of drug-likeness (QED) is 0.591. The van der Waals surface area contributed by atoms with E-state index >= 15 is 0 Å². The maximum Gasteiger partial charge on any atom is 0.258 e. The monoisotopic (exact) mass is 452 g/mol. The predicted molar refractivity (Wildman–Crippen MR) is 115 cm³/mol. The van der Waals surface area contributed by atoms with Crippen molar-refractivity contribution in [3.63, 3.8) is 0 Å². The maximum absolute atomic E-state index is 12.6. The van der Waals surface area contributed by atoms with E-state index in [-0.39, 0.29) is 24.0 Å². The Labute approximate surface area is 182 Å². The van der Waals surface area contributed by atoms with E-state index in [4.69, 9.17) is 21.1 Å². The van der Waals surface area contributed by atoms with E-state index in [2.05, 4.69) is 5.32 Å². The second-order valence-corrected chi connectivity index (χ2v) is 9.25. The van der Waals surface area contributed by atoms with Crippen LogP contribution in [-0.2, 0) is 14.8 Å². The Bertz CT molecular complexity index is 927. The molecule has 9 heteroatoms. The third kappa shape index (κ3) is 6.35. The molecule has 1 aliphatic heterocycles. The van der Waals surface area contributed by atoms with E-state index in [1.165, 1.54) is 4.31 Å². The predicted octanol–water partition coefficient (Wildman–Crippen LogP) is 3.09. The van der Waals surface area contributed by atoms with Crippen molar-refractivity contribution in [2.24, 2.45) is 0 Å². The standard InChI is InChI=1S/C21H25ClN2O5S/c22-17-4-6-19(7-5-17)29-16-21(25)23-12-15-28-18-8-10-20(11-9-18)30(26,27)24-13-2-1-3-14-24/h4-11H,1-3,12-16H2,(H,23,25). The molecule has 0 unspecified atom stereocenters. The number of rotatable bonds is 9. The van der Waals surface area contributed by atoms with Crippen molar-refractivity contribution in [1.29, 1.82) is 0 Å². The lowest BCUT2D eigenvalue weighted by molar-refractivity contribution is -0.123. The molecule has 7 nitrogen and oxygen atoms in total. The van der Waals surface area contributed by atoms with Crippen molar-refractivity contribution in [3.8, 4) is 11.5 Å². The van der Waals surface area contributed by atoms with Gasteiger partial charge in [-0.05, 0) is 61.4 Å². The molecule has 162 valence electrons. The van der Waals surface area contributed by atoms with Gasteiger partial charge in [-0.25, -0.2) is 8.42 Å². The second kappa shape index (κ2) is 10.7. The third-order valence-electron chi connectivity index (χ3n) is 4.65. The molecular weight excluding hydrogens is 428 g/mol. The first-order valence-electron chi connectivity index (χ1n) is 9.83. The Balaban J connectivity index is 1.38. The van der Waals surface area contributed by atoms with Gasteiger partial charge in [0, 0.05) is 18.1 Å². The van der Waals surface area contributed by atoms with Crippen LogP contribution >= 0.6 is 11.6 Å². The van der Waals surface area contributed by atoms with Crippen LogP contribution < -0.4 is 14.8 Å². The lowest BCUT2D eigenvalue weighted by Gasteiger charge is -2.25. The van der Waals surface area contributed by atoms with Gasteiger partial charge >= 0.3 is 0 Å². The van der Waals surface area contributed by atoms with Crippen LogP contribution in [0.3, 0.4) is 0 Å². The molecule has 1 aliphatic rings. The summed E-state index contributed by atoms with van der Waals surface area (Å²) in [5, 5.41) is 3.29. The minimum Gasteiger partial charge on any atom is -0.492 e. The van der Waals surface area contributed by atoms with Gasteiger partial charge in [0.15, 0.2) is 6.61 Å². The smallest absolute Gasteiger partial charge is 0.258 e. The molecule has 0 aromatic heterocycles. The van der Waals surface area contributed by atoms with Crippen LogP contribution in [-0.4, -0.2) is 51.5 Å². The van der Waals surface area contributed by atoms with Gasteiger partial charge < -0.3 is 14.8 Å². The third-order valence-corrected chi connectivity index (χ3v) is 6.82. The Morgan fingerprint density at radius 3 is 2.20 bits per heavy atom. The van der Waals surface area contributed by atoms with Gasteiger partial charge in [0.25, 0.3) is 5.91 Å². The number of carbonyl (C=O) groups is 1. The first-order valence-corrected chi connectivity index (χ1v) is 11.6. The fraction of sp³-hybridized carbons (Fsp3) is 0.381. The maximum atomic E-state index is 12.6. The van der Waals surface area contributed by atoms with Crippen molar-refractivity contribution in [2.75, 3.05) is 32.8 Å². The molecule has 3 rings (SSSR count). The number of hydrogen-bond acceptors (Lipinski definition) is 5. The van der Waals surface area contributed by atoms with Gasteiger partial charge in [-0.1, -0.05) is 18.0 Å². The molecule has 1 N–H and O–H groups in total. The number of nitrogens with zero attached hydrogens (tertiary/aromatic N) is 1. The molecule has 1 fully saturated rings.